The minimum absolute atomic E-state index is 0.131. The molecule has 0 heterocycles. The first kappa shape index (κ1) is 11.6. The van der Waals surface area contributed by atoms with E-state index in [0.717, 1.165) is 11.2 Å². The van der Waals surface area contributed by atoms with Crippen LogP contribution in [0.3, 0.4) is 0 Å². The fraction of sp³-hybridized carbons (Fsp3) is 0.364. The van der Waals surface area contributed by atoms with Crippen LogP contribution in [0.1, 0.15) is 31.1 Å². The first-order chi connectivity index (χ1) is 6.42. The Balaban J connectivity index is 2.95. The zero-order valence-corrected chi connectivity index (χ0v) is 10.1. The molecule has 0 radical (unpaired) electrons. The molecular formula is C11H13ClOS. The van der Waals surface area contributed by atoms with E-state index in [-0.39, 0.29) is 4.75 Å². The number of carbonyl (C=O) groups is 1. The highest BCUT2D eigenvalue weighted by molar-refractivity contribution is 8.00. The average Bonchev–Trinajstić information content (AvgIpc) is 2.06. The van der Waals surface area contributed by atoms with E-state index in [4.69, 9.17) is 11.6 Å². The second kappa shape index (κ2) is 4.37. The highest BCUT2D eigenvalue weighted by atomic mass is 35.5. The Morgan fingerprint density at radius 3 is 2.43 bits per heavy atom. The quantitative estimate of drug-likeness (QED) is 0.561. The molecule has 0 spiro atoms. The molecule has 0 unspecified atom stereocenters. The van der Waals surface area contributed by atoms with E-state index in [1.54, 1.807) is 23.9 Å². The minimum Gasteiger partial charge on any atom is -0.298 e. The number of hydrogen-bond acceptors (Lipinski definition) is 2. The molecule has 0 amide bonds. The Morgan fingerprint density at radius 2 is 2.00 bits per heavy atom. The molecule has 0 fully saturated rings. The molecule has 1 rings (SSSR count). The van der Waals surface area contributed by atoms with Gasteiger partial charge in [0.1, 0.15) is 6.29 Å². The van der Waals surface area contributed by atoms with Crippen LogP contribution in [0.2, 0.25) is 5.02 Å². The van der Waals surface area contributed by atoms with Crippen LogP contribution in [0.15, 0.2) is 23.1 Å². The lowest BCUT2D eigenvalue weighted by molar-refractivity contribution is 0.112. The van der Waals surface area contributed by atoms with E-state index in [0.29, 0.717) is 10.6 Å². The summed E-state index contributed by atoms with van der Waals surface area (Å²) in [6.07, 6.45) is 0.803. The molecule has 1 nitrogen and oxygen atoms in total. The second-order valence-corrected chi connectivity index (χ2v) is 6.30. The Morgan fingerprint density at radius 1 is 1.36 bits per heavy atom. The standard InChI is InChI=1S/C11H13ClOS/c1-11(2,3)14-10-5-4-8(7-13)6-9(10)12/h4-7H,1-3H3. The summed E-state index contributed by atoms with van der Waals surface area (Å²) in [6, 6.07) is 5.37. The predicted molar refractivity (Wildman–Crippen MR) is 62.4 cm³/mol. The molecule has 0 aromatic heterocycles. The van der Waals surface area contributed by atoms with Gasteiger partial charge in [-0.15, -0.1) is 11.8 Å². The summed E-state index contributed by atoms with van der Waals surface area (Å²) < 4.78 is 0.131. The second-order valence-electron chi connectivity index (χ2n) is 4.02. The normalized spacial score (nSPS) is 11.4. The maximum atomic E-state index is 10.5. The molecule has 0 bridgehead atoms. The molecule has 1 aromatic carbocycles. The fourth-order valence-corrected chi connectivity index (χ4v) is 2.26. The topological polar surface area (TPSA) is 17.1 Å². The third kappa shape index (κ3) is 3.35. The van der Waals surface area contributed by atoms with Gasteiger partial charge in [0.15, 0.2) is 0 Å². The van der Waals surface area contributed by atoms with Crippen molar-refractivity contribution in [1.82, 2.24) is 0 Å². The van der Waals surface area contributed by atoms with Crippen LogP contribution in [0, 0.1) is 0 Å². The monoisotopic (exact) mass is 228 g/mol. The fourth-order valence-electron chi connectivity index (χ4n) is 1.00. The summed E-state index contributed by atoms with van der Waals surface area (Å²) in [6.45, 7) is 6.38. The Bertz CT molecular complexity index is 342. The van der Waals surface area contributed by atoms with Crippen LogP contribution in [0.5, 0.6) is 0 Å². The van der Waals surface area contributed by atoms with Gasteiger partial charge in [0.2, 0.25) is 0 Å². The van der Waals surface area contributed by atoms with Crippen molar-refractivity contribution in [3.8, 4) is 0 Å². The summed E-state index contributed by atoms with van der Waals surface area (Å²) in [4.78, 5) is 11.5. The third-order valence-electron chi connectivity index (χ3n) is 1.51. The average molecular weight is 229 g/mol. The Labute approximate surface area is 93.8 Å². The number of hydrogen-bond donors (Lipinski definition) is 0. The SMILES string of the molecule is CC(C)(C)Sc1ccc(C=O)cc1Cl. The molecule has 0 atom stereocenters. The number of rotatable bonds is 2. The van der Waals surface area contributed by atoms with Crippen LogP contribution in [0.4, 0.5) is 0 Å². The van der Waals surface area contributed by atoms with Crippen LogP contribution < -0.4 is 0 Å². The van der Waals surface area contributed by atoms with E-state index < -0.39 is 0 Å². The van der Waals surface area contributed by atoms with Crippen LogP contribution in [-0.2, 0) is 0 Å². The smallest absolute Gasteiger partial charge is 0.150 e. The van der Waals surface area contributed by atoms with Gasteiger partial charge in [-0.2, -0.15) is 0 Å². The summed E-state index contributed by atoms with van der Waals surface area (Å²) in [5.74, 6) is 0. The van der Waals surface area contributed by atoms with Crippen LogP contribution >= 0.6 is 23.4 Å². The van der Waals surface area contributed by atoms with Crippen LogP contribution in [-0.4, -0.2) is 11.0 Å². The van der Waals surface area contributed by atoms with Gasteiger partial charge >= 0.3 is 0 Å². The number of benzene rings is 1. The van der Waals surface area contributed by atoms with Gasteiger partial charge < -0.3 is 0 Å². The van der Waals surface area contributed by atoms with Crippen LogP contribution in [0.25, 0.3) is 0 Å². The molecule has 3 heteroatoms. The summed E-state index contributed by atoms with van der Waals surface area (Å²) in [7, 11) is 0. The molecule has 0 saturated heterocycles. The summed E-state index contributed by atoms with van der Waals surface area (Å²) in [5.41, 5.74) is 0.619. The van der Waals surface area contributed by atoms with Crippen molar-refractivity contribution in [2.24, 2.45) is 0 Å². The van der Waals surface area contributed by atoms with Gasteiger partial charge in [0.25, 0.3) is 0 Å². The minimum atomic E-state index is 0.131. The van der Waals surface area contributed by atoms with Gasteiger partial charge in [-0.3, -0.25) is 4.79 Å². The molecule has 1 aromatic rings. The zero-order chi connectivity index (χ0) is 10.8. The molecule has 14 heavy (non-hydrogen) atoms. The zero-order valence-electron chi connectivity index (χ0n) is 8.50. The van der Waals surface area contributed by atoms with E-state index in [9.17, 15) is 4.79 Å². The molecule has 0 aliphatic heterocycles. The largest absolute Gasteiger partial charge is 0.298 e. The van der Waals surface area contributed by atoms with Crippen molar-refractivity contribution in [2.45, 2.75) is 30.4 Å². The van der Waals surface area contributed by atoms with Crippen molar-refractivity contribution in [3.63, 3.8) is 0 Å². The maximum absolute atomic E-state index is 10.5. The van der Waals surface area contributed by atoms with E-state index in [1.807, 2.05) is 6.07 Å². The maximum Gasteiger partial charge on any atom is 0.150 e. The van der Waals surface area contributed by atoms with E-state index in [2.05, 4.69) is 20.8 Å². The summed E-state index contributed by atoms with van der Waals surface area (Å²) >= 11 is 7.73. The Hall–Kier alpha value is -0.470. The molecule has 0 aliphatic rings. The highest BCUT2D eigenvalue weighted by Crippen LogP contribution is 2.36. The number of thioether (sulfide) groups is 1. The van der Waals surface area contributed by atoms with Gasteiger partial charge in [0.05, 0.1) is 5.02 Å². The molecule has 0 saturated carbocycles. The van der Waals surface area contributed by atoms with Gasteiger partial charge in [-0.05, 0) is 12.1 Å². The van der Waals surface area contributed by atoms with Gasteiger partial charge in [-0.1, -0.05) is 38.4 Å². The molecule has 76 valence electrons. The summed E-state index contributed by atoms with van der Waals surface area (Å²) in [5, 5.41) is 0.648. The lowest BCUT2D eigenvalue weighted by Gasteiger charge is -2.18. The number of aldehydes is 1. The van der Waals surface area contributed by atoms with E-state index in [1.165, 1.54) is 0 Å². The molecule has 0 N–H and O–H groups in total. The van der Waals surface area contributed by atoms with Gasteiger partial charge in [0, 0.05) is 15.2 Å². The lowest BCUT2D eigenvalue weighted by atomic mass is 10.2. The number of halogens is 1. The Kier molecular flexibility index (Phi) is 3.62. The van der Waals surface area contributed by atoms with Crippen molar-refractivity contribution in [1.29, 1.82) is 0 Å². The highest BCUT2D eigenvalue weighted by Gasteiger charge is 2.14. The van der Waals surface area contributed by atoms with Crippen molar-refractivity contribution >= 4 is 29.6 Å². The molecule has 0 aliphatic carbocycles. The predicted octanol–water partition coefficient (Wildman–Crippen LogP) is 4.04. The van der Waals surface area contributed by atoms with Crippen molar-refractivity contribution < 1.29 is 4.79 Å². The van der Waals surface area contributed by atoms with Gasteiger partial charge in [-0.25, -0.2) is 0 Å². The van der Waals surface area contributed by atoms with Crippen molar-refractivity contribution in [3.05, 3.63) is 28.8 Å². The lowest BCUT2D eigenvalue weighted by Crippen LogP contribution is -2.06. The number of carbonyl (C=O) groups excluding carboxylic acids is 1. The first-order valence-corrected chi connectivity index (χ1v) is 5.55. The third-order valence-corrected chi connectivity index (χ3v) is 3.12. The van der Waals surface area contributed by atoms with E-state index >= 15 is 0 Å². The first-order valence-electron chi connectivity index (χ1n) is 4.36. The van der Waals surface area contributed by atoms with Crippen molar-refractivity contribution in [2.75, 3.05) is 0 Å². The molecular weight excluding hydrogens is 216 g/mol.